The van der Waals surface area contributed by atoms with E-state index in [0.717, 1.165) is 0 Å². The van der Waals surface area contributed by atoms with Gasteiger partial charge >= 0.3 is 5.97 Å². The van der Waals surface area contributed by atoms with Crippen molar-refractivity contribution in [3.63, 3.8) is 0 Å². The molecular formula is C13H19N3O4. The molecule has 0 bridgehead atoms. The number of aromatic nitrogens is 1. The average molecular weight is 281 g/mol. The lowest BCUT2D eigenvalue weighted by molar-refractivity contribution is -0.137. The number of aliphatic carboxylic acids is 1. The fraction of sp³-hybridized carbons (Fsp3) is 0.462. The van der Waals surface area contributed by atoms with E-state index in [4.69, 9.17) is 5.11 Å². The molecule has 0 atom stereocenters. The Morgan fingerprint density at radius 1 is 1.30 bits per heavy atom. The van der Waals surface area contributed by atoms with Gasteiger partial charge in [0.2, 0.25) is 5.91 Å². The lowest BCUT2D eigenvalue weighted by Gasteiger charge is -2.20. The van der Waals surface area contributed by atoms with Gasteiger partial charge in [-0.3, -0.25) is 14.4 Å². The SMILES string of the molecule is CC(C)(C)NC(=O)CNC(=O)c1cccn1CC(=O)O. The van der Waals surface area contributed by atoms with E-state index in [2.05, 4.69) is 10.6 Å². The summed E-state index contributed by atoms with van der Waals surface area (Å²) in [4.78, 5) is 34.1. The van der Waals surface area contributed by atoms with Crippen LogP contribution in [0.5, 0.6) is 0 Å². The van der Waals surface area contributed by atoms with Crippen LogP contribution in [0.2, 0.25) is 0 Å². The van der Waals surface area contributed by atoms with Gasteiger partial charge in [0.15, 0.2) is 0 Å². The molecule has 0 radical (unpaired) electrons. The molecule has 0 aromatic carbocycles. The number of rotatable bonds is 5. The lowest BCUT2D eigenvalue weighted by atomic mass is 10.1. The summed E-state index contributed by atoms with van der Waals surface area (Å²) in [6, 6.07) is 3.08. The van der Waals surface area contributed by atoms with Gasteiger partial charge in [0.05, 0.1) is 6.54 Å². The number of carbonyl (C=O) groups is 3. The largest absolute Gasteiger partial charge is 0.480 e. The van der Waals surface area contributed by atoms with Gasteiger partial charge in [-0.1, -0.05) is 0 Å². The molecule has 0 saturated heterocycles. The number of nitrogens with one attached hydrogen (secondary N) is 2. The minimum atomic E-state index is -1.04. The highest BCUT2D eigenvalue weighted by Gasteiger charge is 2.16. The summed E-state index contributed by atoms with van der Waals surface area (Å²) in [6.07, 6.45) is 1.50. The third-order valence-corrected chi connectivity index (χ3v) is 2.29. The van der Waals surface area contributed by atoms with Gasteiger partial charge in [0.1, 0.15) is 12.2 Å². The van der Waals surface area contributed by atoms with Crippen molar-refractivity contribution in [1.29, 1.82) is 0 Å². The Kier molecular flexibility index (Phi) is 4.90. The van der Waals surface area contributed by atoms with Gasteiger partial charge in [-0.2, -0.15) is 0 Å². The fourth-order valence-electron chi connectivity index (χ4n) is 1.62. The molecule has 0 aliphatic heterocycles. The first-order chi connectivity index (χ1) is 9.19. The molecule has 1 aromatic rings. The maximum Gasteiger partial charge on any atom is 0.323 e. The Hall–Kier alpha value is -2.31. The number of amides is 2. The van der Waals surface area contributed by atoms with Crippen LogP contribution in [0.3, 0.4) is 0 Å². The first kappa shape index (κ1) is 15.7. The lowest BCUT2D eigenvalue weighted by Crippen LogP contribution is -2.46. The standard InChI is InChI=1S/C13H19N3O4/c1-13(2,3)15-10(17)7-14-12(20)9-5-4-6-16(9)8-11(18)19/h4-6H,7-8H2,1-3H3,(H,14,20)(H,15,17)(H,18,19). The van der Waals surface area contributed by atoms with Crippen molar-refractivity contribution in [2.24, 2.45) is 0 Å². The maximum absolute atomic E-state index is 11.9. The highest BCUT2D eigenvalue weighted by Crippen LogP contribution is 2.02. The van der Waals surface area contributed by atoms with Crippen molar-refractivity contribution < 1.29 is 19.5 Å². The van der Waals surface area contributed by atoms with Gasteiger partial charge < -0.3 is 20.3 Å². The van der Waals surface area contributed by atoms with Crippen LogP contribution in [0.15, 0.2) is 18.3 Å². The van der Waals surface area contributed by atoms with E-state index in [1.54, 1.807) is 6.07 Å². The monoisotopic (exact) mass is 281 g/mol. The predicted molar refractivity (Wildman–Crippen MR) is 72.3 cm³/mol. The Bertz CT molecular complexity index is 514. The molecular weight excluding hydrogens is 262 g/mol. The highest BCUT2D eigenvalue weighted by molar-refractivity contribution is 5.95. The van der Waals surface area contributed by atoms with Gasteiger partial charge in [0, 0.05) is 11.7 Å². The summed E-state index contributed by atoms with van der Waals surface area (Å²) in [5.41, 5.74) is -0.165. The van der Waals surface area contributed by atoms with Crippen molar-refractivity contribution in [3.8, 4) is 0 Å². The van der Waals surface area contributed by atoms with E-state index in [0.29, 0.717) is 0 Å². The Balaban J connectivity index is 2.57. The van der Waals surface area contributed by atoms with Crippen LogP contribution in [-0.4, -0.2) is 39.5 Å². The van der Waals surface area contributed by atoms with Crippen LogP contribution in [0.4, 0.5) is 0 Å². The summed E-state index contributed by atoms with van der Waals surface area (Å²) in [7, 11) is 0. The second-order valence-electron chi connectivity index (χ2n) is 5.40. The topological polar surface area (TPSA) is 100 Å². The Labute approximate surface area is 117 Å². The third-order valence-electron chi connectivity index (χ3n) is 2.29. The van der Waals surface area contributed by atoms with Crippen LogP contribution in [0.1, 0.15) is 31.3 Å². The first-order valence-corrected chi connectivity index (χ1v) is 6.15. The minimum absolute atomic E-state index is 0.158. The van der Waals surface area contributed by atoms with Crippen LogP contribution in [0, 0.1) is 0 Å². The molecule has 1 heterocycles. The van der Waals surface area contributed by atoms with Crippen LogP contribution < -0.4 is 10.6 Å². The average Bonchev–Trinajstić information content (AvgIpc) is 2.70. The first-order valence-electron chi connectivity index (χ1n) is 6.15. The predicted octanol–water partition coefficient (Wildman–Crippen LogP) is 0.217. The molecule has 7 heteroatoms. The second kappa shape index (κ2) is 6.23. The van der Waals surface area contributed by atoms with Crippen molar-refractivity contribution >= 4 is 17.8 Å². The molecule has 0 unspecified atom stereocenters. The van der Waals surface area contributed by atoms with Crippen molar-refractivity contribution in [1.82, 2.24) is 15.2 Å². The van der Waals surface area contributed by atoms with E-state index in [-0.39, 0.29) is 30.2 Å². The molecule has 1 aromatic heterocycles. The number of carbonyl (C=O) groups excluding carboxylic acids is 2. The normalized spacial score (nSPS) is 10.9. The summed E-state index contributed by atoms with van der Waals surface area (Å²) >= 11 is 0. The molecule has 3 N–H and O–H groups in total. The molecule has 0 saturated carbocycles. The minimum Gasteiger partial charge on any atom is -0.480 e. The van der Waals surface area contributed by atoms with Crippen molar-refractivity contribution in [3.05, 3.63) is 24.0 Å². The molecule has 110 valence electrons. The van der Waals surface area contributed by atoms with Crippen LogP contribution in [0.25, 0.3) is 0 Å². The van der Waals surface area contributed by atoms with Gasteiger partial charge in [-0.15, -0.1) is 0 Å². The maximum atomic E-state index is 11.9. The molecule has 0 aliphatic rings. The third kappa shape index (κ3) is 5.13. The molecule has 7 nitrogen and oxygen atoms in total. The van der Waals surface area contributed by atoms with E-state index >= 15 is 0 Å². The fourth-order valence-corrected chi connectivity index (χ4v) is 1.62. The zero-order valence-electron chi connectivity index (χ0n) is 11.8. The quantitative estimate of drug-likeness (QED) is 0.718. The number of carboxylic acid groups (broad SMARTS) is 1. The van der Waals surface area contributed by atoms with E-state index in [1.165, 1.54) is 16.8 Å². The number of carboxylic acids is 1. The van der Waals surface area contributed by atoms with Crippen molar-refractivity contribution in [2.45, 2.75) is 32.9 Å². The van der Waals surface area contributed by atoms with E-state index < -0.39 is 11.9 Å². The van der Waals surface area contributed by atoms with Crippen LogP contribution >= 0.6 is 0 Å². The summed E-state index contributed by atoms with van der Waals surface area (Å²) < 4.78 is 1.30. The molecule has 1 rings (SSSR count). The van der Waals surface area contributed by atoms with Crippen LogP contribution in [-0.2, 0) is 16.1 Å². The highest BCUT2D eigenvalue weighted by atomic mass is 16.4. The van der Waals surface area contributed by atoms with Gasteiger partial charge in [0.25, 0.3) is 5.91 Å². The number of nitrogens with zero attached hydrogens (tertiary/aromatic N) is 1. The zero-order chi connectivity index (χ0) is 15.3. The second-order valence-corrected chi connectivity index (χ2v) is 5.40. The smallest absolute Gasteiger partial charge is 0.323 e. The molecule has 2 amide bonds. The molecule has 0 aliphatic carbocycles. The zero-order valence-corrected chi connectivity index (χ0v) is 11.8. The Morgan fingerprint density at radius 3 is 2.50 bits per heavy atom. The molecule has 0 spiro atoms. The molecule has 20 heavy (non-hydrogen) atoms. The molecule has 0 fully saturated rings. The summed E-state index contributed by atoms with van der Waals surface area (Å²) in [5.74, 6) is -1.83. The van der Waals surface area contributed by atoms with E-state index in [9.17, 15) is 14.4 Å². The van der Waals surface area contributed by atoms with Crippen molar-refractivity contribution in [2.75, 3.05) is 6.54 Å². The summed E-state index contributed by atoms with van der Waals surface area (Å²) in [5, 5.41) is 13.9. The van der Waals surface area contributed by atoms with Gasteiger partial charge in [-0.05, 0) is 32.9 Å². The number of hydrogen-bond donors (Lipinski definition) is 3. The van der Waals surface area contributed by atoms with Gasteiger partial charge in [-0.25, -0.2) is 0 Å². The Morgan fingerprint density at radius 2 is 1.95 bits per heavy atom. The summed E-state index contributed by atoms with van der Waals surface area (Å²) in [6.45, 7) is 5.05. The number of hydrogen-bond acceptors (Lipinski definition) is 3. The van der Waals surface area contributed by atoms with E-state index in [1.807, 2.05) is 20.8 Å².